The first-order valence-corrected chi connectivity index (χ1v) is 10.1. The minimum atomic E-state index is 1.02. The lowest BCUT2D eigenvalue weighted by atomic mass is 10.0. The maximum absolute atomic E-state index is 5.09. The highest BCUT2D eigenvalue weighted by Gasteiger charge is 2.16. The molecule has 3 heteroatoms. The number of H-pyrrole nitrogens is 1. The van der Waals surface area contributed by atoms with Crippen LogP contribution in [0.4, 0.5) is 0 Å². The molecular weight excluding hydrogens is 342 g/mol. The summed E-state index contributed by atoms with van der Waals surface area (Å²) in [4.78, 5) is 8.69. The lowest BCUT2D eigenvalue weighted by Gasteiger charge is -2.10. The first-order valence-electron chi connectivity index (χ1n) is 10.1. The Labute approximate surface area is 162 Å². The first-order chi connectivity index (χ1) is 13.8. The number of hydrogen-bond acceptors (Lipinski definition) is 1. The van der Waals surface area contributed by atoms with Gasteiger partial charge in [-0.3, -0.25) is 4.40 Å². The van der Waals surface area contributed by atoms with Gasteiger partial charge in [0.1, 0.15) is 16.8 Å². The maximum atomic E-state index is 5.09. The Hall–Kier alpha value is -3.33. The summed E-state index contributed by atoms with van der Waals surface area (Å²) in [6, 6.07) is 24.0. The second-order valence-electron chi connectivity index (χ2n) is 7.64. The number of aromatic nitrogens is 3. The summed E-state index contributed by atoms with van der Waals surface area (Å²) in [6.07, 6.45) is 3.57. The van der Waals surface area contributed by atoms with E-state index in [4.69, 9.17) is 4.98 Å². The molecule has 6 rings (SSSR count). The number of imidazole rings is 1. The number of aryl methyl sites for hydroxylation is 1. The third-order valence-corrected chi connectivity index (χ3v) is 5.89. The number of fused-ring (bicyclic) bond motifs is 10. The summed E-state index contributed by atoms with van der Waals surface area (Å²) in [5.41, 5.74) is 6.90. The van der Waals surface area contributed by atoms with Crippen LogP contribution in [-0.2, 0) is 6.42 Å². The van der Waals surface area contributed by atoms with Crippen LogP contribution in [0.25, 0.3) is 49.4 Å². The highest BCUT2D eigenvalue weighted by molar-refractivity contribution is 6.16. The number of rotatable bonds is 3. The van der Waals surface area contributed by atoms with E-state index in [1.54, 1.807) is 0 Å². The maximum Gasteiger partial charge on any atom is 0.147 e. The number of nitrogens with one attached hydrogen (secondary N) is 1. The van der Waals surface area contributed by atoms with Crippen molar-refractivity contribution >= 4 is 49.4 Å². The Morgan fingerprint density at radius 3 is 2.50 bits per heavy atom. The molecule has 0 radical (unpaired) electrons. The summed E-state index contributed by atoms with van der Waals surface area (Å²) < 4.78 is 2.30. The van der Waals surface area contributed by atoms with Crippen molar-refractivity contribution in [1.82, 2.24) is 14.4 Å². The number of aromatic amines is 1. The predicted molar refractivity (Wildman–Crippen MR) is 118 cm³/mol. The molecule has 0 fully saturated rings. The van der Waals surface area contributed by atoms with Crippen LogP contribution in [0.1, 0.15) is 25.3 Å². The summed E-state index contributed by atoms with van der Waals surface area (Å²) in [5, 5.41) is 4.96. The largest absolute Gasteiger partial charge is 0.339 e. The smallest absolute Gasteiger partial charge is 0.147 e. The number of benzene rings is 3. The Balaban J connectivity index is 1.82. The highest BCUT2D eigenvalue weighted by Crippen LogP contribution is 2.34. The number of unbranched alkanes of at least 4 members (excludes halogenated alkanes) is 1. The average molecular weight is 363 g/mol. The highest BCUT2D eigenvalue weighted by atomic mass is 15.1. The predicted octanol–water partition coefficient (Wildman–Crippen LogP) is 6.62. The van der Waals surface area contributed by atoms with Gasteiger partial charge in [0.05, 0.1) is 5.52 Å². The van der Waals surface area contributed by atoms with E-state index in [0.29, 0.717) is 0 Å². The third kappa shape index (κ3) is 2.07. The normalized spacial score (nSPS) is 12.2. The summed E-state index contributed by atoms with van der Waals surface area (Å²) in [7, 11) is 0. The summed E-state index contributed by atoms with van der Waals surface area (Å²) >= 11 is 0. The van der Waals surface area contributed by atoms with Crippen molar-refractivity contribution in [3.8, 4) is 0 Å². The molecule has 0 spiro atoms. The quantitative estimate of drug-likeness (QED) is 0.352. The molecule has 3 aromatic carbocycles. The topological polar surface area (TPSA) is 33.1 Å². The van der Waals surface area contributed by atoms with Gasteiger partial charge in [-0.1, -0.05) is 61.9 Å². The molecule has 0 saturated heterocycles. The SMILES string of the molecule is CCCCc1ccc2c(c1)c1ccccc1c1nc3c4ccccc4[nH]c3n21. The van der Waals surface area contributed by atoms with Crippen molar-refractivity contribution in [2.24, 2.45) is 0 Å². The van der Waals surface area contributed by atoms with Crippen LogP contribution in [0.2, 0.25) is 0 Å². The van der Waals surface area contributed by atoms with Gasteiger partial charge in [-0.15, -0.1) is 0 Å². The molecule has 0 aliphatic heterocycles. The van der Waals surface area contributed by atoms with Gasteiger partial charge in [0, 0.05) is 21.7 Å². The molecule has 3 aromatic heterocycles. The van der Waals surface area contributed by atoms with Gasteiger partial charge in [-0.2, -0.15) is 0 Å². The number of hydrogen-bond donors (Lipinski definition) is 1. The van der Waals surface area contributed by atoms with Crippen LogP contribution >= 0.6 is 0 Å². The molecule has 0 bridgehead atoms. The van der Waals surface area contributed by atoms with Crippen molar-refractivity contribution in [2.75, 3.05) is 0 Å². The van der Waals surface area contributed by atoms with Crippen LogP contribution in [0, 0.1) is 0 Å². The Morgan fingerprint density at radius 2 is 1.64 bits per heavy atom. The van der Waals surface area contributed by atoms with Crippen molar-refractivity contribution in [3.05, 3.63) is 72.3 Å². The average Bonchev–Trinajstić information content (AvgIpc) is 3.29. The summed E-state index contributed by atoms with van der Waals surface area (Å²) in [5.74, 6) is 0. The second-order valence-corrected chi connectivity index (χ2v) is 7.64. The second kappa shape index (κ2) is 5.83. The molecule has 6 aromatic rings. The molecule has 0 aliphatic carbocycles. The van der Waals surface area contributed by atoms with E-state index < -0.39 is 0 Å². The van der Waals surface area contributed by atoms with Crippen LogP contribution < -0.4 is 0 Å². The number of nitrogens with zero attached hydrogens (tertiary/aromatic N) is 2. The van der Waals surface area contributed by atoms with Crippen LogP contribution in [-0.4, -0.2) is 14.4 Å². The van der Waals surface area contributed by atoms with Gasteiger partial charge in [-0.25, -0.2) is 4.98 Å². The molecule has 28 heavy (non-hydrogen) atoms. The fraction of sp³-hybridized carbons (Fsp3) is 0.160. The Morgan fingerprint density at radius 1 is 0.857 bits per heavy atom. The van der Waals surface area contributed by atoms with Crippen molar-refractivity contribution in [1.29, 1.82) is 0 Å². The van der Waals surface area contributed by atoms with Crippen molar-refractivity contribution < 1.29 is 0 Å². The summed E-state index contributed by atoms with van der Waals surface area (Å²) in [6.45, 7) is 2.25. The molecule has 1 N–H and O–H groups in total. The van der Waals surface area contributed by atoms with Gasteiger partial charge in [0.25, 0.3) is 0 Å². The van der Waals surface area contributed by atoms with Gasteiger partial charge >= 0.3 is 0 Å². The van der Waals surface area contributed by atoms with E-state index in [1.165, 1.54) is 45.5 Å². The molecule has 3 heterocycles. The van der Waals surface area contributed by atoms with Gasteiger partial charge in [0.15, 0.2) is 0 Å². The molecule has 136 valence electrons. The lowest BCUT2D eigenvalue weighted by Crippen LogP contribution is -1.94. The lowest BCUT2D eigenvalue weighted by molar-refractivity contribution is 0.796. The third-order valence-electron chi connectivity index (χ3n) is 5.89. The van der Waals surface area contributed by atoms with E-state index >= 15 is 0 Å². The molecule has 0 amide bonds. The standard InChI is InChI=1S/C25H21N3/c1-2-3-8-16-13-14-22-20(15-16)17-9-4-5-10-18(17)24-27-23-19-11-6-7-12-21(19)26-25(23)28(22)24/h4-7,9-15,26H,2-3,8H2,1H3. The number of pyridine rings is 1. The van der Waals surface area contributed by atoms with Crippen LogP contribution in [0.3, 0.4) is 0 Å². The van der Waals surface area contributed by atoms with Crippen LogP contribution in [0.5, 0.6) is 0 Å². The molecule has 0 unspecified atom stereocenters. The zero-order valence-corrected chi connectivity index (χ0v) is 15.9. The zero-order chi connectivity index (χ0) is 18.7. The van der Waals surface area contributed by atoms with Crippen molar-refractivity contribution in [2.45, 2.75) is 26.2 Å². The van der Waals surface area contributed by atoms with E-state index in [9.17, 15) is 0 Å². The molecule has 0 aliphatic rings. The Kier molecular flexibility index (Phi) is 3.27. The fourth-order valence-electron chi connectivity index (χ4n) is 4.51. The van der Waals surface area contributed by atoms with E-state index in [2.05, 4.69) is 83.0 Å². The number of para-hydroxylation sites is 1. The van der Waals surface area contributed by atoms with Crippen LogP contribution in [0.15, 0.2) is 66.7 Å². The van der Waals surface area contributed by atoms with Gasteiger partial charge in [-0.05, 0) is 42.0 Å². The van der Waals surface area contributed by atoms with E-state index in [1.807, 2.05) is 0 Å². The van der Waals surface area contributed by atoms with E-state index in [0.717, 1.165) is 28.7 Å². The van der Waals surface area contributed by atoms with E-state index in [-0.39, 0.29) is 0 Å². The first kappa shape index (κ1) is 15.7. The molecule has 0 saturated carbocycles. The Bertz CT molecular complexity index is 1500. The minimum absolute atomic E-state index is 1.02. The molecular formula is C25H21N3. The minimum Gasteiger partial charge on any atom is -0.339 e. The van der Waals surface area contributed by atoms with Gasteiger partial charge in [0.2, 0.25) is 0 Å². The fourth-order valence-corrected chi connectivity index (χ4v) is 4.51. The monoisotopic (exact) mass is 363 g/mol. The van der Waals surface area contributed by atoms with Gasteiger partial charge < -0.3 is 4.98 Å². The van der Waals surface area contributed by atoms with Crippen molar-refractivity contribution in [3.63, 3.8) is 0 Å². The zero-order valence-electron chi connectivity index (χ0n) is 15.9. The molecule has 0 atom stereocenters. The molecule has 3 nitrogen and oxygen atoms in total.